The summed E-state index contributed by atoms with van der Waals surface area (Å²) < 4.78 is 13.1. The van der Waals surface area contributed by atoms with Crippen LogP contribution in [-0.4, -0.2) is 11.9 Å². The molecule has 1 aromatic carbocycles. The Morgan fingerprint density at radius 1 is 1.64 bits per heavy atom. The third-order valence-corrected chi connectivity index (χ3v) is 2.21. The van der Waals surface area contributed by atoms with Gasteiger partial charge in [0.25, 0.3) is 0 Å². The molecular weight excluding hydrogens is 251 g/mol. The standard InChI is InChI=1S/C9H10BrFN2O/c1-5(12)9(14)13-6-2-3-8(11)7(10)4-6/h2-5H,12H2,1H3,(H,13,14)/t5-/m1/s1. The normalized spacial score (nSPS) is 12.3. The smallest absolute Gasteiger partial charge is 0.240 e. The predicted molar refractivity (Wildman–Crippen MR) is 56.4 cm³/mol. The molecule has 0 aliphatic rings. The van der Waals surface area contributed by atoms with E-state index in [0.29, 0.717) is 10.2 Å². The van der Waals surface area contributed by atoms with Crippen LogP contribution in [0, 0.1) is 5.82 Å². The van der Waals surface area contributed by atoms with Crippen molar-refractivity contribution in [1.29, 1.82) is 0 Å². The lowest BCUT2D eigenvalue weighted by atomic mass is 10.3. The van der Waals surface area contributed by atoms with Crippen LogP contribution in [0.5, 0.6) is 0 Å². The van der Waals surface area contributed by atoms with Gasteiger partial charge in [-0.25, -0.2) is 4.39 Å². The highest BCUT2D eigenvalue weighted by molar-refractivity contribution is 9.10. The lowest BCUT2D eigenvalue weighted by Crippen LogP contribution is -2.32. The number of halogens is 2. The van der Waals surface area contributed by atoms with Gasteiger partial charge in [0.1, 0.15) is 5.82 Å². The monoisotopic (exact) mass is 260 g/mol. The summed E-state index contributed by atoms with van der Waals surface area (Å²) in [6.07, 6.45) is 0. The SMILES string of the molecule is C[C@@H](N)C(=O)Nc1ccc(F)c(Br)c1. The van der Waals surface area contributed by atoms with Crippen LogP contribution in [0.15, 0.2) is 22.7 Å². The minimum atomic E-state index is -0.584. The van der Waals surface area contributed by atoms with Gasteiger partial charge in [-0.15, -0.1) is 0 Å². The Kier molecular flexibility index (Phi) is 3.60. The van der Waals surface area contributed by atoms with E-state index in [1.165, 1.54) is 18.2 Å². The van der Waals surface area contributed by atoms with Crippen LogP contribution in [-0.2, 0) is 4.79 Å². The maximum Gasteiger partial charge on any atom is 0.240 e. The lowest BCUT2D eigenvalue weighted by molar-refractivity contribution is -0.117. The van der Waals surface area contributed by atoms with Crippen LogP contribution < -0.4 is 11.1 Å². The van der Waals surface area contributed by atoms with Gasteiger partial charge in [0, 0.05) is 5.69 Å². The number of hydrogen-bond donors (Lipinski definition) is 2. The molecule has 0 aliphatic heterocycles. The zero-order chi connectivity index (χ0) is 10.7. The molecule has 14 heavy (non-hydrogen) atoms. The summed E-state index contributed by atoms with van der Waals surface area (Å²) in [4.78, 5) is 11.2. The van der Waals surface area contributed by atoms with Crippen molar-refractivity contribution < 1.29 is 9.18 Å². The molecule has 3 nitrogen and oxygen atoms in total. The highest BCUT2D eigenvalue weighted by Gasteiger charge is 2.08. The largest absolute Gasteiger partial charge is 0.325 e. The Bertz CT molecular complexity index is 355. The Morgan fingerprint density at radius 2 is 2.29 bits per heavy atom. The van der Waals surface area contributed by atoms with Gasteiger partial charge in [0.05, 0.1) is 10.5 Å². The second-order valence-corrected chi connectivity index (χ2v) is 3.76. The van der Waals surface area contributed by atoms with Gasteiger partial charge < -0.3 is 11.1 Å². The number of carbonyl (C=O) groups excluding carboxylic acids is 1. The Hall–Kier alpha value is -0.940. The highest BCUT2D eigenvalue weighted by atomic mass is 79.9. The predicted octanol–water partition coefficient (Wildman–Crippen LogP) is 1.87. The average Bonchev–Trinajstić information content (AvgIpc) is 2.11. The molecule has 5 heteroatoms. The van der Waals surface area contributed by atoms with Crippen LogP contribution in [0.25, 0.3) is 0 Å². The molecular formula is C9H10BrFN2O. The number of benzene rings is 1. The number of nitrogens with two attached hydrogens (primary N) is 1. The summed E-state index contributed by atoms with van der Waals surface area (Å²) in [5.41, 5.74) is 5.87. The molecule has 1 amide bonds. The summed E-state index contributed by atoms with van der Waals surface area (Å²) in [5, 5.41) is 2.55. The van der Waals surface area contributed by atoms with E-state index in [4.69, 9.17) is 5.73 Å². The van der Waals surface area contributed by atoms with E-state index in [9.17, 15) is 9.18 Å². The van der Waals surface area contributed by atoms with Crippen LogP contribution in [0.1, 0.15) is 6.92 Å². The highest BCUT2D eigenvalue weighted by Crippen LogP contribution is 2.19. The van der Waals surface area contributed by atoms with Crippen molar-refractivity contribution in [3.8, 4) is 0 Å². The average molecular weight is 261 g/mol. The molecule has 0 spiro atoms. The zero-order valence-electron chi connectivity index (χ0n) is 7.55. The number of nitrogens with one attached hydrogen (secondary N) is 1. The van der Waals surface area contributed by atoms with Crippen molar-refractivity contribution >= 4 is 27.5 Å². The molecule has 0 heterocycles. The second kappa shape index (κ2) is 4.52. The number of hydrogen-bond acceptors (Lipinski definition) is 2. The van der Waals surface area contributed by atoms with E-state index in [1.54, 1.807) is 6.92 Å². The van der Waals surface area contributed by atoms with Crippen LogP contribution in [0.2, 0.25) is 0 Å². The minimum Gasteiger partial charge on any atom is -0.325 e. The van der Waals surface area contributed by atoms with Crippen LogP contribution in [0.3, 0.4) is 0 Å². The maximum absolute atomic E-state index is 12.8. The molecule has 1 rings (SSSR count). The van der Waals surface area contributed by atoms with E-state index >= 15 is 0 Å². The van der Waals surface area contributed by atoms with E-state index in [1.807, 2.05) is 0 Å². The molecule has 1 aromatic rings. The molecule has 0 saturated heterocycles. The van der Waals surface area contributed by atoms with Crippen LogP contribution >= 0.6 is 15.9 Å². The number of anilines is 1. The zero-order valence-corrected chi connectivity index (χ0v) is 9.14. The van der Waals surface area contributed by atoms with Gasteiger partial charge in [-0.2, -0.15) is 0 Å². The van der Waals surface area contributed by atoms with Gasteiger partial charge in [-0.1, -0.05) is 0 Å². The minimum absolute atomic E-state index is 0.302. The van der Waals surface area contributed by atoms with Crippen molar-refractivity contribution in [2.45, 2.75) is 13.0 Å². The molecule has 0 saturated carbocycles. The first-order valence-electron chi connectivity index (χ1n) is 4.02. The quantitative estimate of drug-likeness (QED) is 0.853. The van der Waals surface area contributed by atoms with Gasteiger partial charge >= 0.3 is 0 Å². The molecule has 0 aliphatic carbocycles. The number of rotatable bonds is 2. The van der Waals surface area contributed by atoms with E-state index in [-0.39, 0.29) is 11.7 Å². The van der Waals surface area contributed by atoms with Crippen molar-refractivity contribution in [3.05, 3.63) is 28.5 Å². The number of amides is 1. The summed E-state index contributed by atoms with van der Waals surface area (Å²) in [6, 6.07) is 3.63. The summed E-state index contributed by atoms with van der Waals surface area (Å²) in [5.74, 6) is -0.674. The van der Waals surface area contributed by atoms with Crippen molar-refractivity contribution in [3.63, 3.8) is 0 Å². The third-order valence-electron chi connectivity index (χ3n) is 1.60. The molecule has 0 aromatic heterocycles. The van der Waals surface area contributed by atoms with E-state index in [0.717, 1.165) is 0 Å². The molecule has 0 bridgehead atoms. The summed E-state index contributed by atoms with van der Waals surface area (Å²) in [6.45, 7) is 1.58. The molecule has 0 unspecified atom stereocenters. The summed E-state index contributed by atoms with van der Waals surface area (Å²) >= 11 is 3.02. The van der Waals surface area contributed by atoms with Gasteiger partial charge in [-0.3, -0.25) is 4.79 Å². The third kappa shape index (κ3) is 2.78. The topological polar surface area (TPSA) is 55.1 Å². The van der Waals surface area contributed by atoms with Gasteiger partial charge in [0.15, 0.2) is 0 Å². The first kappa shape index (κ1) is 11.1. The molecule has 76 valence electrons. The fourth-order valence-corrected chi connectivity index (χ4v) is 1.21. The fraction of sp³-hybridized carbons (Fsp3) is 0.222. The van der Waals surface area contributed by atoms with Crippen molar-refractivity contribution in [1.82, 2.24) is 0 Å². The second-order valence-electron chi connectivity index (χ2n) is 2.91. The van der Waals surface area contributed by atoms with E-state index < -0.39 is 6.04 Å². The Balaban J connectivity index is 2.78. The maximum atomic E-state index is 12.8. The van der Waals surface area contributed by atoms with Crippen molar-refractivity contribution in [2.24, 2.45) is 5.73 Å². The first-order chi connectivity index (χ1) is 6.50. The first-order valence-corrected chi connectivity index (χ1v) is 4.81. The molecule has 1 atom stereocenters. The molecule has 3 N–H and O–H groups in total. The Morgan fingerprint density at radius 3 is 2.79 bits per heavy atom. The fourth-order valence-electron chi connectivity index (χ4n) is 0.830. The van der Waals surface area contributed by atoms with Crippen LogP contribution in [0.4, 0.5) is 10.1 Å². The molecule has 0 radical (unpaired) electrons. The van der Waals surface area contributed by atoms with E-state index in [2.05, 4.69) is 21.2 Å². The number of carbonyl (C=O) groups is 1. The van der Waals surface area contributed by atoms with Gasteiger partial charge in [-0.05, 0) is 41.1 Å². The Labute approximate surface area is 89.6 Å². The van der Waals surface area contributed by atoms with Crippen molar-refractivity contribution in [2.75, 3.05) is 5.32 Å². The molecule has 0 fully saturated rings. The summed E-state index contributed by atoms with van der Waals surface area (Å²) in [7, 11) is 0. The van der Waals surface area contributed by atoms with Gasteiger partial charge in [0.2, 0.25) is 5.91 Å². The lowest BCUT2D eigenvalue weighted by Gasteiger charge is -2.07.